The molecule has 1 aromatic carbocycles. The van der Waals surface area contributed by atoms with Crippen LogP contribution in [0.5, 0.6) is 0 Å². The molecule has 0 heterocycles. The molecule has 96 valence electrons. The predicted molar refractivity (Wildman–Crippen MR) is 68.7 cm³/mol. The molecule has 0 bridgehead atoms. The summed E-state index contributed by atoms with van der Waals surface area (Å²) >= 11 is 5.72. The molecule has 0 saturated heterocycles. The number of hydrogen-bond acceptors (Lipinski definition) is 2. The van der Waals surface area contributed by atoms with Gasteiger partial charge in [-0.05, 0) is 30.5 Å². The van der Waals surface area contributed by atoms with E-state index >= 15 is 0 Å². The van der Waals surface area contributed by atoms with Crippen LogP contribution in [-0.2, 0) is 0 Å². The van der Waals surface area contributed by atoms with Crippen molar-refractivity contribution in [1.29, 1.82) is 0 Å². The minimum atomic E-state index is -0.412. The van der Waals surface area contributed by atoms with Gasteiger partial charge in [-0.25, -0.2) is 4.39 Å². The molecule has 0 fully saturated rings. The Hall–Kier alpha value is -0.640. The third kappa shape index (κ3) is 4.26. The van der Waals surface area contributed by atoms with Crippen molar-refractivity contribution < 1.29 is 9.50 Å². The molecule has 0 spiro atoms. The molecular formula is C13H19ClFNO. The van der Waals surface area contributed by atoms with Crippen LogP contribution in [-0.4, -0.2) is 17.8 Å². The van der Waals surface area contributed by atoms with Gasteiger partial charge >= 0.3 is 0 Å². The zero-order valence-corrected chi connectivity index (χ0v) is 11.1. The number of rotatable bonds is 5. The monoisotopic (exact) mass is 259 g/mol. The lowest BCUT2D eigenvalue weighted by Gasteiger charge is -2.19. The molecular weight excluding hydrogens is 241 g/mol. The summed E-state index contributed by atoms with van der Waals surface area (Å²) in [6.07, 6.45) is -0.381. The summed E-state index contributed by atoms with van der Waals surface area (Å²) in [5.41, 5.74) is 0.910. The maximum absolute atomic E-state index is 13.0. The number of aliphatic hydroxyl groups is 1. The van der Waals surface area contributed by atoms with Crippen LogP contribution in [0.25, 0.3) is 0 Å². The maximum atomic E-state index is 13.0. The lowest BCUT2D eigenvalue weighted by atomic mass is 10.1. The minimum Gasteiger partial charge on any atom is -0.392 e. The Bertz CT molecular complexity index is 370. The Labute approximate surface area is 107 Å². The van der Waals surface area contributed by atoms with Gasteiger partial charge in [0.25, 0.3) is 0 Å². The molecule has 0 aliphatic carbocycles. The van der Waals surface area contributed by atoms with E-state index < -0.39 is 5.82 Å². The van der Waals surface area contributed by atoms with Gasteiger partial charge in [-0.15, -0.1) is 0 Å². The van der Waals surface area contributed by atoms with Gasteiger partial charge < -0.3 is 10.4 Å². The van der Waals surface area contributed by atoms with Crippen molar-refractivity contribution in [2.75, 3.05) is 6.54 Å². The second-order valence-electron chi connectivity index (χ2n) is 4.61. The molecule has 0 radical (unpaired) electrons. The summed E-state index contributed by atoms with van der Waals surface area (Å²) in [5.74, 6) is -0.198. The fourth-order valence-electron chi connectivity index (χ4n) is 1.43. The molecule has 1 rings (SSSR count). The first-order chi connectivity index (χ1) is 7.91. The lowest BCUT2D eigenvalue weighted by Crippen LogP contribution is -2.32. The van der Waals surface area contributed by atoms with E-state index in [1.165, 1.54) is 6.07 Å². The predicted octanol–water partition coefficient (Wildman–Crippen LogP) is 3.15. The number of nitrogens with one attached hydrogen (secondary N) is 1. The van der Waals surface area contributed by atoms with Crippen molar-refractivity contribution in [3.05, 3.63) is 34.6 Å². The van der Waals surface area contributed by atoms with Crippen LogP contribution >= 0.6 is 11.6 Å². The lowest BCUT2D eigenvalue weighted by molar-refractivity contribution is 0.120. The molecule has 2 unspecified atom stereocenters. The normalized spacial score (nSPS) is 15.0. The molecule has 0 aromatic heterocycles. The fourth-order valence-corrected chi connectivity index (χ4v) is 1.62. The smallest absolute Gasteiger partial charge is 0.141 e. The number of hydrogen-bond donors (Lipinski definition) is 2. The van der Waals surface area contributed by atoms with Gasteiger partial charge in [-0.3, -0.25) is 0 Å². The van der Waals surface area contributed by atoms with E-state index in [4.69, 9.17) is 11.6 Å². The Morgan fingerprint density at radius 2 is 2.00 bits per heavy atom. The van der Waals surface area contributed by atoms with E-state index in [0.717, 1.165) is 5.56 Å². The first-order valence-electron chi connectivity index (χ1n) is 5.78. The van der Waals surface area contributed by atoms with Gasteiger partial charge in [-0.2, -0.15) is 0 Å². The second kappa shape index (κ2) is 6.34. The van der Waals surface area contributed by atoms with Crippen molar-refractivity contribution in [3.8, 4) is 0 Å². The first kappa shape index (κ1) is 14.4. The van der Waals surface area contributed by atoms with E-state index in [9.17, 15) is 9.50 Å². The third-order valence-corrected chi connectivity index (χ3v) is 3.14. The molecule has 4 heteroatoms. The van der Waals surface area contributed by atoms with Crippen LogP contribution in [0.4, 0.5) is 4.39 Å². The highest BCUT2D eigenvalue weighted by Gasteiger charge is 2.12. The molecule has 2 nitrogen and oxygen atoms in total. The van der Waals surface area contributed by atoms with Gasteiger partial charge in [0.05, 0.1) is 11.1 Å². The number of aliphatic hydroxyl groups excluding tert-OH is 1. The standard InChI is InChI=1S/C13H19ClFNO/c1-8(2)13(17)7-16-9(3)10-4-5-12(15)11(14)6-10/h4-6,8-9,13,16-17H,7H2,1-3H3. The van der Waals surface area contributed by atoms with E-state index in [1.54, 1.807) is 12.1 Å². The van der Waals surface area contributed by atoms with Gasteiger partial charge in [0.15, 0.2) is 0 Å². The summed E-state index contributed by atoms with van der Waals surface area (Å²) in [7, 11) is 0. The number of halogens is 2. The summed E-state index contributed by atoms with van der Waals surface area (Å²) < 4.78 is 13.0. The summed E-state index contributed by atoms with van der Waals surface area (Å²) in [5, 5.41) is 13.0. The largest absolute Gasteiger partial charge is 0.392 e. The average Bonchev–Trinajstić information content (AvgIpc) is 2.28. The summed E-state index contributed by atoms with van der Waals surface area (Å²) in [6.45, 7) is 6.39. The molecule has 1 aromatic rings. The molecule has 2 N–H and O–H groups in total. The fraction of sp³-hybridized carbons (Fsp3) is 0.538. The minimum absolute atomic E-state index is 0.0292. The van der Waals surface area contributed by atoms with Gasteiger partial charge in [0.1, 0.15) is 5.82 Å². The quantitative estimate of drug-likeness (QED) is 0.852. The molecule has 0 aliphatic rings. The van der Waals surface area contributed by atoms with E-state index in [1.807, 2.05) is 20.8 Å². The maximum Gasteiger partial charge on any atom is 0.141 e. The molecule has 0 saturated carbocycles. The Kier molecular flexibility index (Phi) is 5.37. The first-order valence-corrected chi connectivity index (χ1v) is 6.16. The van der Waals surface area contributed by atoms with Crippen molar-refractivity contribution in [3.63, 3.8) is 0 Å². The molecule has 0 amide bonds. The van der Waals surface area contributed by atoms with Gasteiger partial charge in [0.2, 0.25) is 0 Å². The van der Waals surface area contributed by atoms with Crippen LogP contribution in [0.2, 0.25) is 5.02 Å². The van der Waals surface area contributed by atoms with Crippen molar-refractivity contribution >= 4 is 11.6 Å². The highest BCUT2D eigenvalue weighted by molar-refractivity contribution is 6.30. The van der Waals surface area contributed by atoms with Crippen molar-refractivity contribution in [1.82, 2.24) is 5.32 Å². The SMILES string of the molecule is CC(NCC(O)C(C)C)c1ccc(F)c(Cl)c1. The van der Waals surface area contributed by atoms with Crippen LogP contribution < -0.4 is 5.32 Å². The average molecular weight is 260 g/mol. The summed E-state index contributed by atoms with van der Waals surface area (Å²) in [4.78, 5) is 0. The Morgan fingerprint density at radius 3 is 2.53 bits per heavy atom. The summed E-state index contributed by atoms with van der Waals surface area (Å²) in [6, 6.07) is 4.69. The van der Waals surface area contributed by atoms with Gasteiger partial charge in [-0.1, -0.05) is 31.5 Å². The third-order valence-electron chi connectivity index (χ3n) is 2.85. The second-order valence-corrected chi connectivity index (χ2v) is 5.02. The van der Waals surface area contributed by atoms with Crippen molar-refractivity contribution in [2.24, 2.45) is 5.92 Å². The van der Waals surface area contributed by atoms with E-state index in [2.05, 4.69) is 5.32 Å². The van der Waals surface area contributed by atoms with Crippen molar-refractivity contribution in [2.45, 2.75) is 32.9 Å². The molecule has 0 aliphatic heterocycles. The highest BCUT2D eigenvalue weighted by Crippen LogP contribution is 2.20. The van der Waals surface area contributed by atoms with Crippen LogP contribution in [0.1, 0.15) is 32.4 Å². The highest BCUT2D eigenvalue weighted by atomic mass is 35.5. The Morgan fingerprint density at radius 1 is 1.35 bits per heavy atom. The van der Waals surface area contributed by atoms with Crippen LogP contribution in [0, 0.1) is 11.7 Å². The van der Waals surface area contributed by atoms with Gasteiger partial charge in [0, 0.05) is 12.6 Å². The van der Waals surface area contributed by atoms with E-state index in [-0.39, 0.29) is 23.1 Å². The zero-order valence-electron chi connectivity index (χ0n) is 10.4. The molecule has 2 atom stereocenters. The topological polar surface area (TPSA) is 32.3 Å². The van der Waals surface area contributed by atoms with Crippen LogP contribution in [0.3, 0.4) is 0 Å². The van der Waals surface area contributed by atoms with Crippen LogP contribution in [0.15, 0.2) is 18.2 Å². The Balaban J connectivity index is 2.58. The zero-order chi connectivity index (χ0) is 13.0. The van der Waals surface area contributed by atoms with E-state index in [0.29, 0.717) is 6.54 Å². The number of benzene rings is 1. The molecule has 17 heavy (non-hydrogen) atoms.